The molecule has 7 heteroatoms. The molecule has 1 aromatic carbocycles. The van der Waals surface area contributed by atoms with Crippen LogP contribution in [0, 0.1) is 5.92 Å². The zero-order chi connectivity index (χ0) is 21.9. The number of carbonyl (C=O) groups excluding carboxylic acids is 2. The van der Waals surface area contributed by atoms with E-state index in [1.54, 1.807) is 18.1 Å². The van der Waals surface area contributed by atoms with Crippen molar-refractivity contribution in [2.45, 2.75) is 58.3 Å². The Hall–Kier alpha value is -2.67. The molecule has 7 nitrogen and oxygen atoms in total. The summed E-state index contributed by atoms with van der Waals surface area (Å²) in [4.78, 5) is 31.8. The van der Waals surface area contributed by atoms with E-state index in [2.05, 4.69) is 10.3 Å². The normalized spacial score (nSPS) is 18.8. The quantitative estimate of drug-likeness (QED) is 0.794. The molecule has 1 aliphatic heterocycles. The van der Waals surface area contributed by atoms with Crippen LogP contribution in [0.25, 0.3) is 10.9 Å². The number of aromatic nitrogens is 1. The molecule has 1 aliphatic rings. The maximum absolute atomic E-state index is 12.9. The molecule has 2 heterocycles. The van der Waals surface area contributed by atoms with Crippen LogP contribution >= 0.6 is 0 Å². The van der Waals surface area contributed by atoms with Gasteiger partial charge in [-0.1, -0.05) is 25.1 Å². The highest BCUT2D eigenvalue weighted by atomic mass is 16.6. The van der Waals surface area contributed by atoms with Crippen molar-refractivity contribution in [3.8, 4) is 0 Å². The molecular weight excluding hydrogens is 382 g/mol. The molecule has 0 bridgehead atoms. The van der Waals surface area contributed by atoms with Gasteiger partial charge in [0.05, 0.1) is 23.6 Å². The first-order chi connectivity index (χ1) is 14.2. The summed E-state index contributed by atoms with van der Waals surface area (Å²) >= 11 is 0. The third-order valence-corrected chi connectivity index (χ3v) is 5.33. The van der Waals surface area contributed by atoms with Crippen molar-refractivity contribution in [2.24, 2.45) is 5.92 Å². The SMILES string of the molecule is CO[C@H]([C@@H](C)C(=O)Nc1ccc2ccccc2n1)[C@@H]1CCCN1C(=O)OC(C)(C)C. The molecule has 30 heavy (non-hydrogen) atoms. The fourth-order valence-corrected chi connectivity index (χ4v) is 3.90. The Morgan fingerprint density at radius 1 is 1.20 bits per heavy atom. The summed E-state index contributed by atoms with van der Waals surface area (Å²) in [5, 5.41) is 3.90. The topological polar surface area (TPSA) is 80.8 Å². The minimum absolute atomic E-state index is 0.194. The molecule has 0 radical (unpaired) electrons. The van der Waals surface area contributed by atoms with Crippen molar-refractivity contribution in [1.29, 1.82) is 0 Å². The third-order valence-electron chi connectivity index (χ3n) is 5.33. The number of methoxy groups -OCH3 is 1. The van der Waals surface area contributed by atoms with Gasteiger partial charge < -0.3 is 19.7 Å². The van der Waals surface area contributed by atoms with Gasteiger partial charge in [0.25, 0.3) is 0 Å². The average Bonchev–Trinajstić information content (AvgIpc) is 3.17. The van der Waals surface area contributed by atoms with Gasteiger partial charge in [-0.3, -0.25) is 4.79 Å². The van der Waals surface area contributed by atoms with Gasteiger partial charge in [-0.15, -0.1) is 0 Å². The molecule has 2 aromatic rings. The van der Waals surface area contributed by atoms with Crippen molar-refractivity contribution in [3.05, 3.63) is 36.4 Å². The highest BCUT2D eigenvalue weighted by Crippen LogP contribution is 2.28. The van der Waals surface area contributed by atoms with Gasteiger partial charge in [0.1, 0.15) is 11.4 Å². The molecule has 0 spiro atoms. The van der Waals surface area contributed by atoms with E-state index in [4.69, 9.17) is 9.47 Å². The Kier molecular flexibility index (Phi) is 6.61. The average molecular weight is 414 g/mol. The first kappa shape index (κ1) is 22.0. The molecule has 162 valence electrons. The van der Waals surface area contributed by atoms with Gasteiger partial charge in [-0.2, -0.15) is 0 Å². The van der Waals surface area contributed by atoms with Gasteiger partial charge in [0, 0.05) is 19.0 Å². The van der Waals surface area contributed by atoms with E-state index in [0.717, 1.165) is 23.7 Å². The number of anilines is 1. The Morgan fingerprint density at radius 2 is 1.93 bits per heavy atom. The van der Waals surface area contributed by atoms with E-state index in [9.17, 15) is 9.59 Å². The summed E-state index contributed by atoms with van der Waals surface area (Å²) in [6.07, 6.45) is 0.810. The van der Waals surface area contributed by atoms with Crippen molar-refractivity contribution in [1.82, 2.24) is 9.88 Å². The van der Waals surface area contributed by atoms with Gasteiger partial charge in [0.2, 0.25) is 5.91 Å². The summed E-state index contributed by atoms with van der Waals surface area (Å²) in [6.45, 7) is 7.94. The first-order valence-electron chi connectivity index (χ1n) is 10.4. The van der Waals surface area contributed by atoms with E-state index < -0.39 is 17.6 Å². The van der Waals surface area contributed by atoms with E-state index in [0.29, 0.717) is 12.4 Å². The van der Waals surface area contributed by atoms with Gasteiger partial charge in [0.15, 0.2) is 0 Å². The molecule has 3 rings (SSSR count). The lowest BCUT2D eigenvalue weighted by molar-refractivity contribution is -0.125. The number of pyridine rings is 1. The lowest BCUT2D eigenvalue weighted by Gasteiger charge is -2.34. The maximum atomic E-state index is 12.9. The number of hydrogen-bond acceptors (Lipinski definition) is 5. The summed E-state index contributed by atoms with van der Waals surface area (Å²) in [7, 11) is 1.58. The molecule has 1 fully saturated rings. The minimum Gasteiger partial charge on any atom is -0.444 e. The van der Waals surface area contributed by atoms with Gasteiger partial charge in [-0.25, -0.2) is 9.78 Å². The Morgan fingerprint density at radius 3 is 2.63 bits per heavy atom. The lowest BCUT2D eigenvalue weighted by Crippen LogP contribution is -2.49. The highest BCUT2D eigenvalue weighted by Gasteiger charge is 2.41. The smallest absolute Gasteiger partial charge is 0.410 e. The largest absolute Gasteiger partial charge is 0.444 e. The summed E-state index contributed by atoms with van der Waals surface area (Å²) in [5.41, 5.74) is 0.246. The number of ether oxygens (including phenoxy) is 2. The second-order valence-corrected chi connectivity index (χ2v) is 8.75. The van der Waals surface area contributed by atoms with Crippen LogP contribution in [0.5, 0.6) is 0 Å². The Labute approximate surface area is 177 Å². The van der Waals surface area contributed by atoms with E-state index >= 15 is 0 Å². The number of benzene rings is 1. The fourth-order valence-electron chi connectivity index (χ4n) is 3.90. The molecule has 0 aliphatic carbocycles. The van der Waals surface area contributed by atoms with Gasteiger partial charge >= 0.3 is 6.09 Å². The van der Waals surface area contributed by atoms with Crippen LogP contribution < -0.4 is 5.32 Å². The Balaban J connectivity index is 1.71. The van der Waals surface area contributed by atoms with Crippen LogP contribution in [0.1, 0.15) is 40.5 Å². The number of fused-ring (bicyclic) bond motifs is 1. The van der Waals surface area contributed by atoms with Crippen molar-refractivity contribution >= 4 is 28.7 Å². The number of nitrogens with one attached hydrogen (secondary N) is 1. The molecule has 3 atom stereocenters. The number of rotatable bonds is 5. The first-order valence-corrected chi connectivity index (χ1v) is 10.4. The molecule has 1 N–H and O–H groups in total. The highest BCUT2D eigenvalue weighted by molar-refractivity contribution is 5.93. The Bertz CT molecular complexity index is 909. The third kappa shape index (κ3) is 5.08. The van der Waals surface area contributed by atoms with Crippen LogP contribution in [0.4, 0.5) is 10.6 Å². The van der Waals surface area contributed by atoms with Crippen LogP contribution in [-0.2, 0) is 14.3 Å². The molecule has 1 saturated heterocycles. The van der Waals surface area contributed by atoms with Crippen LogP contribution in [0.3, 0.4) is 0 Å². The minimum atomic E-state index is -0.572. The predicted molar refractivity (Wildman–Crippen MR) is 116 cm³/mol. The standard InChI is InChI=1S/C23H31N3O4/c1-15(21(27)25-19-13-12-16-9-6-7-10-17(16)24-19)20(29-5)18-11-8-14-26(18)22(28)30-23(2,3)4/h6-7,9-10,12-13,15,18,20H,8,11,14H2,1-5H3,(H,24,25,27)/t15-,18+,20-/m1/s1. The maximum Gasteiger partial charge on any atom is 0.410 e. The van der Waals surface area contributed by atoms with Crippen molar-refractivity contribution < 1.29 is 19.1 Å². The summed E-state index contributed by atoms with van der Waals surface area (Å²) < 4.78 is 11.2. The fraction of sp³-hybridized carbons (Fsp3) is 0.522. The number of amides is 2. The number of carbonyl (C=O) groups is 2. The number of likely N-dealkylation sites (tertiary alicyclic amines) is 1. The zero-order valence-corrected chi connectivity index (χ0v) is 18.3. The second-order valence-electron chi connectivity index (χ2n) is 8.75. The van der Waals surface area contributed by atoms with Gasteiger partial charge in [-0.05, 0) is 51.8 Å². The number of nitrogens with zero attached hydrogens (tertiary/aromatic N) is 2. The number of hydrogen-bond donors (Lipinski definition) is 1. The van der Waals surface area contributed by atoms with E-state index in [1.807, 2.05) is 58.0 Å². The molecule has 2 amide bonds. The summed E-state index contributed by atoms with van der Waals surface area (Å²) in [5.74, 6) is -0.173. The van der Waals surface area contributed by atoms with Crippen molar-refractivity contribution in [3.63, 3.8) is 0 Å². The van der Waals surface area contributed by atoms with Crippen LogP contribution in [-0.4, -0.2) is 53.3 Å². The summed E-state index contributed by atoms with van der Waals surface area (Å²) in [6, 6.07) is 11.2. The molecule has 0 saturated carbocycles. The number of para-hydroxylation sites is 1. The van der Waals surface area contributed by atoms with Crippen LogP contribution in [0.2, 0.25) is 0 Å². The molecular formula is C23H31N3O4. The monoisotopic (exact) mass is 413 g/mol. The van der Waals surface area contributed by atoms with Crippen LogP contribution in [0.15, 0.2) is 36.4 Å². The molecule has 1 aromatic heterocycles. The second kappa shape index (κ2) is 9.00. The lowest BCUT2D eigenvalue weighted by atomic mass is 9.95. The van der Waals surface area contributed by atoms with E-state index in [-0.39, 0.29) is 18.0 Å². The van der Waals surface area contributed by atoms with Crippen molar-refractivity contribution in [2.75, 3.05) is 19.0 Å². The zero-order valence-electron chi connectivity index (χ0n) is 18.3. The predicted octanol–water partition coefficient (Wildman–Crippen LogP) is 4.22. The van der Waals surface area contributed by atoms with E-state index in [1.165, 1.54) is 0 Å². The molecule has 0 unspecified atom stereocenters.